The molecule has 0 unspecified atom stereocenters. The van der Waals surface area contributed by atoms with Crippen molar-refractivity contribution in [2.75, 3.05) is 32.7 Å². The summed E-state index contributed by atoms with van der Waals surface area (Å²) < 4.78 is 1.74. The van der Waals surface area contributed by atoms with E-state index in [1.54, 1.807) is 17.1 Å². The lowest BCUT2D eigenvalue weighted by Gasteiger charge is -2.34. The SMILES string of the molecule is Cn1cncc1C(=O)N1CCN(CC(N)=S)CC1. The molecule has 1 fully saturated rings. The van der Waals surface area contributed by atoms with E-state index in [1.807, 2.05) is 11.9 Å². The summed E-state index contributed by atoms with van der Waals surface area (Å²) in [6, 6.07) is 0. The summed E-state index contributed by atoms with van der Waals surface area (Å²) in [5.41, 5.74) is 6.14. The van der Waals surface area contributed by atoms with E-state index >= 15 is 0 Å². The minimum absolute atomic E-state index is 0.0324. The largest absolute Gasteiger partial charge is 0.392 e. The molecule has 1 aliphatic rings. The van der Waals surface area contributed by atoms with E-state index in [0.717, 1.165) is 13.1 Å². The first-order valence-corrected chi connectivity index (χ1v) is 6.25. The van der Waals surface area contributed by atoms with Gasteiger partial charge in [-0.25, -0.2) is 4.98 Å². The Labute approximate surface area is 111 Å². The Bertz CT molecular complexity index is 450. The van der Waals surface area contributed by atoms with Crippen molar-refractivity contribution >= 4 is 23.1 Å². The Morgan fingerprint density at radius 2 is 2.11 bits per heavy atom. The van der Waals surface area contributed by atoms with Crippen LogP contribution in [-0.4, -0.2) is 63.0 Å². The van der Waals surface area contributed by atoms with Gasteiger partial charge in [-0.3, -0.25) is 9.69 Å². The van der Waals surface area contributed by atoms with Gasteiger partial charge in [-0.2, -0.15) is 0 Å². The van der Waals surface area contributed by atoms with Gasteiger partial charge in [0.15, 0.2) is 0 Å². The molecule has 1 saturated heterocycles. The molecule has 0 bridgehead atoms. The summed E-state index contributed by atoms with van der Waals surface area (Å²) in [7, 11) is 1.82. The molecule has 7 heteroatoms. The second kappa shape index (κ2) is 5.45. The molecule has 0 aromatic carbocycles. The highest BCUT2D eigenvalue weighted by molar-refractivity contribution is 7.80. The van der Waals surface area contributed by atoms with Gasteiger partial charge in [0.25, 0.3) is 5.91 Å². The molecule has 2 heterocycles. The first-order chi connectivity index (χ1) is 8.58. The summed E-state index contributed by atoms with van der Waals surface area (Å²) in [5, 5.41) is 0. The minimum Gasteiger partial charge on any atom is -0.392 e. The molecule has 0 spiro atoms. The Hall–Kier alpha value is -1.47. The van der Waals surface area contributed by atoms with Gasteiger partial charge in [-0.15, -0.1) is 0 Å². The van der Waals surface area contributed by atoms with E-state index in [9.17, 15) is 4.79 Å². The van der Waals surface area contributed by atoms with Crippen molar-refractivity contribution in [3.63, 3.8) is 0 Å². The van der Waals surface area contributed by atoms with Crippen molar-refractivity contribution in [3.05, 3.63) is 18.2 Å². The van der Waals surface area contributed by atoms with E-state index < -0.39 is 0 Å². The van der Waals surface area contributed by atoms with E-state index in [4.69, 9.17) is 18.0 Å². The number of carbonyl (C=O) groups excluding carboxylic acids is 1. The highest BCUT2D eigenvalue weighted by Gasteiger charge is 2.23. The average Bonchev–Trinajstić information content (AvgIpc) is 2.75. The van der Waals surface area contributed by atoms with Crippen LogP contribution in [0.4, 0.5) is 0 Å². The molecule has 0 atom stereocenters. The predicted molar refractivity (Wildman–Crippen MR) is 72.3 cm³/mol. The van der Waals surface area contributed by atoms with Gasteiger partial charge in [-0.1, -0.05) is 12.2 Å². The molecule has 6 nitrogen and oxygen atoms in total. The molecule has 18 heavy (non-hydrogen) atoms. The zero-order chi connectivity index (χ0) is 13.1. The first-order valence-electron chi connectivity index (χ1n) is 5.84. The third-order valence-corrected chi connectivity index (χ3v) is 3.20. The smallest absolute Gasteiger partial charge is 0.272 e. The summed E-state index contributed by atoms with van der Waals surface area (Å²) in [4.78, 5) is 20.7. The number of carbonyl (C=O) groups is 1. The number of hydrogen-bond donors (Lipinski definition) is 1. The van der Waals surface area contributed by atoms with Crippen LogP contribution in [0.2, 0.25) is 0 Å². The second-order valence-corrected chi connectivity index (χ2v) is 4.95. The van der Waals surface area contributed by atoms with E-state index in [0.29, 0.717) is 30.3 Å². The molecular weight excluding hydrogens is 250 g/mol. The Morgan fingerprint density at radius 3 is 2.61 bits per heavy atom. The van der Waals surface area contributed by atoms with E-state index in [-0.39, 0.29) is 5.91 Å². The fourth-order valence-corrected chi connectivity index (χ4v) is 2.24. The van der Waals surface area contributed by atoms with Gasteiger partial charge < -0.3 is 15.2 Å². The van der Waals surface area contributed by atoms with Crippen molar-refractivity contribution in [2.45, 2.75) is 0 Å². The fraction of sp³-hybridized carbons (Fsp3) is 0.545. The molecular formula is C11H17N5OS. The maximum atomic E-state index is 12.2. The molecule has 1 aromatic heterocycles. The lowest BCUT2D eigenvalue weighted by molar-refractivity contribution is 0.0645. The number of imidazole rings is 1. The molecule has 2 N–H and O–H groups in total. The maximum absolute atomic E-state index is 12.2. The molecule has 1 amide bonds. The number of aryl methyl sites for hydroxylation is 1. The lowest BCUT2D eigenvalue weighted by atomic mass is 10.3. The van der Waals surface area contributed by atoms with Gasteiger partial charge in [0.05, 0.1) is 17.5 Å². The van der Waals surface area contributed by atoms with Crippen LogP contribution in [0.3, 0.4) is 0 Å². The fourth-order valence-electron chi connectivity index (χ4n) is 2.05. The summed E-state index contributed by atoms with van der Waals surface area (Å²) in [6.07, 6.45) is 3.24. The summed E-state index contributed by atoms with van der Waals surface area (Å²) >= 11 is 4.88. The Morgan fingerprint density at radius 1 is 1.44 bits per heavy atom. The number of aromatic nitrogens is 2. The third kappa shape index (κ3) is 2.85. The highest BCUT2D eigenvalue weighted by atomic mass is 32.1. The molecule has 0 radical (unpaired) electrons. The standard InChI is InChI=1S/C11H17N5OS/c1-14-8-13-6-9(14)11(17)16-4-2-15(3-5-16)7-10(12)18/h6,8H,2-5,7H2,1H3,(H2,12,18). The number of amides is 1. The first kappa shape index (κ1) is 13.0. The Balaban J connectivity index is 1.92. The molecule has 1 aliphatic heterocycles. The van der Waals surface area contributed by atoms with Crippen LogP contribution < -0.4 is 5.73 Å². The van der Waals surface area contributed by atoms with Gasteiger partial charge >= 0.3 is 0 Å². The predicted octanol–water partition coefficient (Wildman–Crippen LogP) is -0.536. The maximum Gasteiger partial charge on any atom is 0.272 e. The molecule has 0 saturated carbocycles. The van der Waals surface area contributed by atoms with Crippen LogP contribution in [0, 0.1) is 0 Å². The van der Waals surface area contributed by atoms with E-state index in [2.05, 4.69) is 9.88 Å². The van der Waals surface area contributed by atoms with Crippen LogP contribution in [0.5, 0.6) is 0 Å². The van der Waals surface area contributed by atoms with Gasteiger partial charge in [0.2, 0.25) is 0 Å². The van der Waals surface area contributed by atoms with Crippen LogP contribution in [0.25, 0.3) is 0 Å². The average molecular weight is 267 g/mol. The highest BCUT2D eigenvalue weighted by Crippen LogP contribution is 2.07. The monoisotopic (exact) mass is 267 g/mol. The number of hydrogen-bond acceptors (Lipinski definition) is 4. The van der Waals surface area contributed by atoms with Crippen LogP contribution in [-0.2, 0) is 7.05 Å². The van der Waals surface area contributed by atoms with Crippen molar-refractivity contribution in [1.82, 2.24) is 19.4 Å². The molecule has 2 rings (SSSR count). The number of nitrogens with two attached hydrogens (primary N) is 1. The lowest BCUT2D eigenvalue weighted by Crippen LogP contribution is -2.50. The molecule has 0 aliphatic carbocycles. The minimum atomic E-state index is 0.0324. The topological polar surface area (TPSA) is 67.4 Å². The van der Waals surface area contributed by atoms with Gasteiger partial charge in [-0.05, 0) is 0 Å². The van der Waals surface area contributed by atoms with Crippen LogP contribution in [0.15, 0.2) is 12.5 Å². The number of thiocarbonyl (C=S) groups is 1. The van der Waals surface area contributed by atoms with Crippen LogP contribution >= 0.6 is 12.2 Å². The molecule has 1 aromatic rings. The summed E-state index contributed by atoms with van der Waals surface area (Å²) in [5.74, 6) is 0.0324. The normalized spacial score (nSPS) is 16.8. The van der Waals surface area contributed by atoms with Crippen molar-refractivity contribution in [1.29, 1.82) is 0 Å². The van der Waals surface area contributed by atoms with E-state index in [1.165, 1.54) is 0 Å². The van der Waals surface area contributed by atoms with Crippen molar-refractivity contribution in [3.8, 4) is 0 Å². The van der Waals surface area contributed by atoms with Crippen molar-refractivity contribution in [2.24, 2.45) is 12.8 Å². The number of rotatable bonds is 3. The zero-order valence-corrected chi connectivity index (χ0v) is 11.2. The summed E-state index contributed by atoms with van der Waals surface area (Å²) in [6.45, 7) is 3.64. The number of nitrogens with zero attached hydrogens (tertiary/aromatic N) is 4. The second-order valence-electron chi connectivity index (χ2n) is 4.42. The van der Waals surface area contributed by atoms with Crippen LogP contribution in [0.1, 0.15) is 10.5 Å². The van der Waals surface area contributed by atoms with Gasteiger partial charge in [0.1, 0.15) is 5.69 Å². The zero-order valence-electron chi connectivity index (χ0n) is 10.4. The molecule has 98 valence electrons. The Kier molecular flexibility index (Phi) is 3.93. The third-order valence-electron chi connectivity index (χ3n) is 3.07. The quantitative estimate of drug-likeness (QED) is 0.745. The van der Waals surface area contributed by atoms with Crippen molar-refractivity contribution < 1.29 is 4.79 Å². The van der Waals surface area contributed by atoms with Gasteiger partial charge in [0, 0.05) is 39.8 Å². The number of piperazine rings is 1.